The Morgan fingerprint density at radius 2 is 1.64 bits per heavy atom. The lowest BCUT2D eigenvalue weighted by Gasteiger charge is -2.27. The van der Waals surface area contributed by atoms with Gasteiger partial charge in [-0.05, 0) is 43.9 Å². The Morgan fingerprint density at radius 3 is 2.12 bits per heavy atom. The summed E-state index contributed by atoms with van der Waals surface area (Å²) in [6, 6.07) is -0.676. The smallest absolute Gasteiger partial charge is 0.243 e. The number of rotatable bonds is 8. The van der Waals surface area contributed by atoms with Gasteiger partial charge in [0, 0.05) is 6.54 Å². The SMILES string of the molecule is CC(C)CCCNC(=O)[C@H](CC(C)C)N1C(=O)[C@@H]2CC=CC[C@H]2C1=O. The Balaban J connectivity index is 2.07. The first kappa shape index (κ1) is 19.7. The molecule has 0 aromatic heterocycles. The molecule has 1 aliphatic carbocycles. The highest BCUT2D eigenvalue weighted by Crippen LogP contribution is 2.37. The van der Waals surface area contributed by atoms with Crippen molar-refractivity contribution in [3.8, 4) is 0 Å². The maximum atomic E-state index is 12.8. The normalized spacial score (nSPS) is 24.2. The monoisotopic (exact) mass is 348 g/mol. The van der Waals surface area contributed by atoms with Crippen molar-refractivity contribution in [2.75, 3.05) is 6.54 Å². The first-order chi connectivity index (χ1) is 11.8. The molecule has 0 saturated carbocycles. The maximum absolute atomic E-state index is 12.8. The van der Waals surface area contributed by atoms with E-state index in [1.54, 1.807) is 0 Å². The molecule has 1 N–H and O–H groups in total. The lowest BCUT2D eigenvalue weighted by molar-refractivity contribution is -0.148. The highest BCUT2D eigenvalue weighted by atomic mass is 16.2. The number of carbonyl (C=O) groups excluding carboxylic acids is 3. The van der Waals surface area contributed by atoms with Crippen LogP contribution in [0.5, 0.6) is 0 Å². The lowest BCUT2D eigenvalue weighted by Crippen LogP contribution is -2.50. The Kier molecular flexibility index (Phi) is 6.79. The van der Waals surface area contributed by atoms with Gasteiger partial charge in [-0.25, -0.2) is 0 Å². The summed E-state index contributed by atoms with van der Waals surface area (Å²) >= 11 is 0. The molecule has 0 aromatic rings. The van der Waals surface area contributed by atoms with E-state index in [-0.39, 0.29) is 35.5 Å². The Hall–Kier alpha value is -1.65. The van der Waals surface area contributed by atoms with Crippen molar-refractivity contribution in [3.05, 3.63) is 12.2 Å². The Morgan fingerprint density at radius 1 is 1.08 bits per heavy atom. The van der Waals surface area contributed by atoms with E-state index >= 15 is 0 Å². The number of allylic oxidation sites excluding steroid dienone is 2. The molecule has 0 radical (unpaired) electrons. The van der Waals surface area contributed by atoms with Crippen LogP contribution in [0.2, 0.25) is 0 Å². The zero-order valence-corrected chi connectivity index (χ0v) is 16.0. The molecule has 0 aromatic carbocycles. The molecule has 0 bridgehead atoms. The number of fused-ring (bicyclic) bond motifs is 1. The molecule has 140 valence electrons. The highest BCUT2D eigenvalue weighted by Gasteiger charge is 2.51. The predicted molar refractivity (Wildman–Crippen MR) is 97.5 cm³/mol. The van der Waals surface area contributed by atoms with E-state index in [2.05, 4.69) is 19.2 Å². The highest BCUT2D eigenvalue weighted by molar-refractivity contribution is 6.08. The number of likely N-dealkylation sites (tertiary alicyclic amines) is 1. The van der Waals surface area contributed by atoms with Gasteiger partial charge in [-0.1, -0.05) is 39.8 Å². The predicted octanol–water partition coefficient (Wildman–Crippen LogP) is 2.90. The van der Waals surface area contributed by atoms with Gasteiger partial charge in [0.05, 0.1) is 11.8 Å². The van der Waals surface area contributed by atoms with Crippen LogP contribution in [0, 0.1) is 23.7 Å². The molecule has 25 heavy (non-hydrogen) atoms. The number of amides is 3. The summed E-state index contributed by atoms with van der Waals surface area (Å²) < 4.78 is 0. The van der Waals surface area contributed by atoms with Crippen molar-refractivity contribution in [2.24, 2.45) is 23.7 Å². The minimum Gasteiger partial charge on any atom is -0.354 e. The molecule has 2 rings (SSSR count). The summed E-state index contributed by atoms with van der Waals surface area (Å²) in [4.78, 5) is 39.6. The molecule has 1 aliphatic heterocycles. The van der Waals surface area contributed by atoms with Crippen LogP contribution in [-0.2, 0) is 14.4 Å². The molecule has 0 unspecified atom stereocenters. The number of imide groups is 1. The minimum absolute atomic E-state index is 0.165. The third-order valence-electron chi connectivity index (χ3n) is 5.11. The van der Waals surface area contributed by atoms with Crippen LogP contribution in [0.4, 0.5) is 0 Å². The maximum Gasteiger partial charge on any atom is 0.243 e. The van der Waals surface area contributed by atoms with E-state index in [9.17, 15) is 14.4 Å². The van der Waals surface area contributed by atoms with E-state index in [1.165, 1.54) is 4.90 Å². The number of nitrogens with zero attached hydrogens (tertiary/aromatic N) is 1. The van der Waals surface area contributed by atoms with Crippen molar-refractivity contribution in [2.45, 2.75) is 65.8 Å². The van der Waals surface area contributed by atoms with Crippen LogP contribution in [0.15, 0.2) is 12.2 Å². The third-order valence-corrected chi connectivity index (χ3v) is 5.11. The molecular weight excluding hydrogens is 316 g/mol. The van der Waals surface area contributed by atoms with E-state index in [0.717, 1.165) is 12.8 Å². The minimum atomic E-state index is -0.676. The fourth-order valence-corrected chi connectivity index (χ4v) is 3.75. The topological polar surface area (TPSA) is 66.5 Å². The molecule has 3 amide bonds. The van der Waals surface area contributed by atoms with Gasteiger partial charge in [-0.2, -0.15) is 0 Å². The van der Waals surface area contributed by atoms with Crippen LogP contribution < -0.4 is 5.32 Å². The quantitative estimate of drug-likeness (QED) is 0.417. The first-order valence-electron chi connectivity index (χ1n) is 9.62. The van der Waals surface area contributed by atoms with Crippen LogP contribution in [0.1, 0.15) is 59.8 Å². The molecule has 1 heterocycles. The summed E-state index contributed by atoms with van der Waals surface area (Å²) in [6.07, 6.45) is 7.63. The zero-order valence-electron chi connectivity index (χ0n) is 16.0. The number of nitrogens with one attached hydrogen (secondary N) is 1. The van der Waals surface area contributed by atoms with Gasteiger partial charge in [0.2, 0.25) is 17.7 Å². The number of hydrogen-bond donors (Lipinski definition) is 1. The van der Waals surface area contributed by atoms with Gasteiger partial charge in [0.15, 0.2) is 0 Å². The summed E-state index contributed by atoms with van der Waals surface area (Å²) in [5.41, 5.74) is 0. The second-order valence-corrected chi connectivity index (χ2v) is 8.17. The Labute approximate surface area is 151 Å². The fraction of sp³-hybridized carbons (Fsp3) is 0.750. The van der Waals surface area contributed by atoms with Gasteiger partial charge in [-0.15, -0.1) is 0 Å². The molecular formula is C20H32N2O3. The lowest BCUT2D eigenvalue weighted by atomic mass is 9.85. The van der Waals surface area contributed by atoms with E-state index in [4.69, 9.17) is 0 Å². The van der Waals surface area contributed by atoms with Gasteiger partial charge in [-0.3, -0.25) is 19.3 Å². The van der Waals surface area contributed by atoms with Crippen molar-refractivity contribution >= 4 is 17.7 Å². The molecule has 1 saturated heterocycles. The second-order valence-electron chi connectivity index (χ2n) is 8.17. The molecule has 2 aliphatic rings. The van der Waals surface area contributed by atoms with Crippen molar-refractivity contribution < 1.29 is 14.4 Å². The van der Waals surface area contributed by atoms with Crippen molar-refractivity contribution in [1.82, 2.24) is 10.2 Å². The second kappa shape index (κ2) is 8.63. The Bertz CT molecular complexity index is 513. The average molecular weight is 348 g/mol. The number of carbonyl (C=O) groups is 3. The van der Waals surface area contributed by atoms with Crippen LogP contribution in [0.25, 0.3) is 0 Å². The third kappa shape index (κ3) is 4.71. The van der Waals surface area contributed by atoms with Gasteiger partial charge in [0.1, 0.15) is 6.04 Å². The number of hydrogen-bond acceptors (Lipinski definition) is 3. The fourth-order valence-electron chi connectivity index (χ4n) is 3.75. The summed E-state index contributed by atoms with van der Waals surface area (Å²) in [6.45, 7) is 8.93. The van der Waals surface area contributed by atoms with Gasteiger partial charge < -0.3 is 5.32 Å². The molecule has 0 spiro atoms. The van der Waals surface area contributed by atoms with Crippen LogP contribution in [0.3, 0.4) is 0 Å². The summed E-state index contributed by atoms with van der Waals surface area (Å²) in [5, 5.41) is 2.94. The average Bonchev–Trinajstić information content (AvgIpc) is 2.81. The molecule has 3 atom stereocenters. The van der Waals surface area contributed by atoms with Crippen LogP contribution in [-0.4, -0.2) is 35.2 Å². The van der Waals surface area contributed by atoms with Gasteiger partial charge >= 0.3 is 0 Å². The standard InChI is InChI=1S/C20H32N2O3/c1-13(2)8-7-11-21-18(23)17(12-14(3)4)22-19(24)15-9-5-6-10-16(15)20(22)25/h5-6,13-17H,7-12H2,1-4H3,(H,21,23)/t15-,16-,17+/m1/s1. The van der Waals surface area contributed by atoms with Gasteiger partial charge in [0.25, 0.3) is 0 Å². The van der Waals surface area contributed by atoms with E-state index in [1.807, 2.05) is 26.0 Å². The summed E-state index contributed by atoms with van der Waals surface area (Å²) in [5.74, 6) is -0.245. The largest absolute Gasteiger partial charge is 0.354 e. The molecule has 5 nitrogen and oxygen atoms in total. The van der Waals surface area contributed by atoms with Crippen molar-refractivity contribution in [1.29, 1.82) is 0 Å². The first-order valence-corrected chi connectivity index (χ1v) is 9.62. The summed E-state index contributed by atoms with van der Waals surface area (Å²) in [7, 11) is 0. The zero-order chi connectivity index (χ0) is 18.6. The molecule has 5 heteroatoms. The van der Waals surface area contributed by atoms with E-state index in [0.29, 0.717) is 31.7 Å². The van der Waals surface area contributed by atoms with Crippen LogP contribution >= 0.6 is 0 Å². The molecule has 1 fully saturated rings. The van der Waals surface area contributed by atoms with E-state index < -0.39 is 6.04 Å². The van der Waals surface area contributed by atoms with Crippen molar-refractivity contribution in [3.63, 3.8) is 0 Å².